The third-order valence-electron chi connectivity index (χ3n) is 7.58. The predicted molar refractivity (Wildman–Crippen MR) is 148 cm³/mol. The Kier molecular flexibility index (Phi) is 5.92. The van der Waals surface area contributed by atoms with Gasteiger partial charge in [0.25, 0.3) is 0 Å². The molecular weight excluding hydrogens is 519 g/mol. The molecule has 1 saturated carbocycles. The molecule has 0 radical (unpaired) electrons. The van der Waals surface area contributed by atoms with Crippen LogP contribution in [0.5, 0.6) is 5.75 Å². The Bertz CT molecular complexity index is 2000. The minimum atomic E-state index is -5.21. The van der Waals surface area contributed by atoms with Gasteiger partial charge in [-0.2, -0.15) is 13.7 Å². The number of nitrogens with one attached hydrogen (secondary N) is 1. The van der Waals surface area contributed by atoms with Crippen molar-refractivity contribution in [1.29, 1.82) is 5.26 Å². The third-order valence-corrected chi connectivity index (χ3v) is 7.97. The summed E-state index contributed by atoms with van der Waals surface area (Å²) >= 11 is 0. The Balaban J connectivity index is 1.71. The molecule has 1 N–H and O–H groups in total. The minimum absolute atomic E-state index is 0.00932. The van der Waals surface area contributed by atoms with Gasteiger partial charge in [0.05, 0.1) is 28.7 Å². The Labute approximate surface area is 224 Å². The van der Waals surface area contributed by atoms with Crippen LogP contribution in [0.15, 0.2) is 53.6 Å². The van der Waals surface area contributed by atoms with E-state index in [0.29, 0.717) is 27.5 Å². The van der Waals surface area contributed by atoms with Gasteiger partial charge in [-0.05, 0) is 60.2 Å². The number of fused-ring (bicyclic) bond motifs is 4. The first-order chi connectivity index (χ1) is 18.6. The summed E-state index contributed by atoms with van der Waals surface area (Å²) in [5, 5.41) is 11.4. The molecule has 8 nitrogen and oxygen atoms in total. The molecular formula is C29H25FN4O4S. The number of aromatic amines is 1. The Morgan fingerprint density at radius 2 is 1.90 bits per heavy atom. The molecule has 10 heteroatoms. The van der Waals surface area contributed by atoms with E-state index in [0.717, 1.165) is 59.4 Å². The summed E-state index contributed by atoms with van der Waals surface area (Å²) in [4.78, 5) is 21.6. The molecule has 0 atom stereocenters. The van der Waals surface area contributed by atoms with Gasteiger partial charge in [-0.25, -0.2) is 0 Å². The van der Waals surface area contributed by atoms with Gasteiger partial charge in [0.1, 0.15) is 5.65 Å². The van der Waals surface area contributed by atoms with E-state index < -0.39 is 10.5 Å². The lowest BCUT2D eigenvalue weighted by Crippen LogP contribution is -2.15. The molecule has 3 heterocycles. The molecule has 2 aromatic carbocycles. The van der Waals surface area contributed by atoms with Crippen molar-refractivity contribution in [3.8, 4) is 22.9 Å². The zero-order chi connectivity index (χ0) is 27.5. The van der Waals surface area contributed by atoms with Crippen LogP contribution in [0.2, 0.25) is 0 Å². The third kappa shape index (κ3) is 4.33. The number of nitrogens with zero attached hydrogens (tertiary/aromatic N) is 3. The number of rotatable bonds is 5. The van der Waals surface area contributed by atoms with Crippen LogP contribution in [0.4, 0.5) is 3.89 Å². The Hall–Kier alpha value is -4.23. The Morgan fingerprint density at radius 3 is 2.59 bits per heavy atom. The van der Waals surface area contributed by atoms with Gasteiger partial charge in [-0.3, -0.25) is 9.78 Å². The summed E-state index contributed by atoms with van der Waals surface area (Å²) < 4.78 is 42.1. The maximum absolute atomic E-state index is 14.1. The zero-order valence-corrected chi connectivity index (χ0v) is 22.2. The summed E-state index contributed by atoms with van der Waals surface area (Å²) in [5.74, 6) is -0.229. The fourth-order valence-electron chi connectivity index (χ4n) is 5.90. The number of pyridine rings is 2. The quantitative estimate of drug-likeness (QED) is 0.256. The monoisotopic (exact) mass is 544 g/mol. The van der Waals surface area contributed by atoms with Gasteiger partial charge in [0, 0.05) is 34.1 Å². The van der Waals surface area contributed by atoms with Crippen LogP contribution in [-0.2, 0) is 10.5 Å². The zero-order valence-electron chi connectivity index (χ0n) is 21.4. The first kappa shape index (κ1) is 25.1. The number of aromatic nitrogens is 3. The molecule has 0 unspecified atom stereocenters. The van der Waals surface area contributed by atoms with E-state index in [1.165, 1.54) is 6.07 Å². The minimum Gasteiger partial charge on any atom is -0.357 e. The van der Waals surface area contributed by atoms with Crippen LogP contribution < -0.4 is 9.61 Å². The molecule has 0 saturated heterocycles. The maximum atomic E-state index is 14.1. The topological polar surface area (TPSA) is 118 Å². The molecule has 198 valence electrons. The van der Waals surface area contributed by atoms with E-state index in [1.54, 1.807) is 18.3 Å². The van der Waals surface area contributed by atoms with E-state index >= 15 is 0 Å². The number of nitriles is 1. The number of halogens is 1. The number of H-pyrrole nitrogens is 1. The van der Waals surface area contributed by atoms with E-state index in [1.807, 2.05) is 32.0 Å². The van der Waals surface area contributed by atoms with Crippen LogP contribution >= 0.6 is 0 Å². The van der Waals surface area contributed by atoms with Crippen molar-refractivity contribution in [2.45, 2.75) is 51.5 Å². The lowest BCUT2D eigenvalue weighted by Gasteiger charge is -2.22. The fourth-order valence-corrected chi connectivity index (χ4v) is 6.22. The standard InChI is InChI=1S/C29H25FN4O4S/c1-16(2)22-11-24-26(12-23(22)18-10-20(15-32-14-18)38-39(30,36)37)34(19-5-3-4-6-19)29-27(28(24)35)21-8-7-17(13-31)9-25(21)33-29/h7-12,14-16,19,33H,3-6H2,1-2H3. The van der Waals surface area contributed by atoms with Crippen LogP contribution in [0, 0.1) is 11.3 Å². The van der Waals surface area contributed by atoms with Crippen molar-refractivity contribution >= 4 is 43.3 Å². The molecule has 0 aliphatic heterocycles. The Morgan fingerprint density at radius 1 is 1.13 bits per heavy atom. The molecule has 0 bridgehead atoms. The van der Waals surface area contributed by atoms with Crippen molar-refractivity contribution in [3.63, 3.8) is 0 Å². The molecule has 1 fully saturated rings. The van der Waals surface area contributed by atoms with Gasteiger partial charge in [0.15, 0.2) is 11.2 Å². The van der Waals surface area contributed by atoms with Crippen molar-refractivity contribution in [2.75, 3.05) is 0 Å². The summed E-state index contributed by atoms with van der Waals surface area (Å²) in [6.07, 6.45) is 6.79. The van der Waals surface area contributed by atoms with Crippen molar-refractivity contribution in [2.24, 2.45) is 0 Å². The van der Waals surface area contributed by atoms with Crippen LogP contribution in [-0.4, -0.2) is 23.0 Å². The highest BCUT2D eigenvalue weighted by Crippen LogP contribution is 2.40. The summed E-state index contributed by atoms with van der Waals surface area (Å²) in [6.45, 7) is 4.02. The number of hydrogen-bond acceptors (Lipinski definition) is 6. The van der Waals surface area contributed by atoms with Crippen LogP contribution in [0.3, 0.4) is 0 Å². The smallest absolute Gasteiger partial charge is 0.357 e. The van der Waals surface area contributed by atoms with Gasteiger partial charge < -0.3 is 13.7 Å². The van der Waals surface area contributed by atoms with Gasteiger partial charge >= 0.3 is 10.5 Å². The average molecular weight is 545 g/mol. The van der Waals surface area contributed by atoms with Crippen LogP contribution in [0.25, 0.3) is 44.0 Å². The van der Waals surface area contributed by atoms with Gasteiger partial charge in [-0.15, -0.1) is 0 Å². The summed E-state index contributed by atoms with van der Waals surface area (Å²) in [6, 6.07) is 12.9. The average Bonchev–Trinajstić information content (AvgIpc) is 3.55. The van der Waals surface area contributed by atoms with Crippen LogP contribution in [0.1, 0.15) is 62.6 Å². The van der Waals surface area contributed by atoms with E-state index in [9.17, 15) is 22.4 Å². The second-order valence-electron chi connectivity index (χ2n) is 10.4. The lowest BCUT2D eigenvalue weighted by molar-refractivity contribution is 0.439. The molecule has 39 heavy (non-hydrogen) atoms. The van der Waals surface area contributed by atoms with Crippen molar-refractivity contribution in [1.82, 2.24) is 14.5 Å². The fraction of sp³-hybridized carbons (Fsp3) is 0.276. The van der Waals surface area contributed by atoms with Crippen molar-refractivity contribution in [3.05, 3.63) is 70.1 Å². The molecule has 0 spiro atoms. The van der Waals surface area contributed by atoms with Crippen molar-refractivity contribution < 1.29 is 16.5 Å². The number of benzene rings is 2. The van der Waals surface area contributed by atoms with E-state index in [-0.39, 0.29) is 23.1 Å². The highest BCUT2D eigenvalue weighted by atomic mass is 32.3. The highest BCUT2D eigenvalue weighted by molar-refractivity contribution is 7.81. The maximum Gasteiger partial charge on any atom is 0.488 e. The molecule has 6 rings (SSSR count). The van der Waals surface area contributed by atoms with Gasteiger partial charge in [0.2, 0.25) is 0 Å². The second kappa shape index (κ2) is 9.20. The first-order valence-corrected chi connectivity index (χ1v) is 14.1. The molecule has 1 aliphatic rings. The summed E-state index contributed by atoms with van der Waals surface area (Å²) in [7, 11) is -5.21. The normalized spacial score (nSPS) is 14.5. The second-order valence-corrected chi connectivity index (χ2v) is 11.3. The first-order valence-electron chi connectivity index (χ1n) is 12.8. The highest BCUT2D eigenvalue weighted by Gasteiger charge is 2.25. The molecule has 0 amide bonds. The lowest BCUT2D eigenvalue weighted by atomic mass is 9.90. The largest absolute Gasteiger partial charge is 0.488 e. The molecule has 3 aromatic heterocycles. The number of hydrogen-bond donors (Lipinski definition) is 1. The SMILES string of the molecule is CC(C)c1cc2c(=O)c3c4ccc(C#N)cc4[nH]c3n(C3CCCC3)c2cc1-c1cncc(OS(=O)(=O)F)c1. The van der Waals surface area contributed by atoms with Gasteiger partial charge in [-0.1, -0.05) is 36.6 Å². The molecule has 1 aliphatic carbocycles. The molecule has 5 aromatic rings. The predicted octanol–water partition coefficient (Wildman–Crippen LogP) is 6.40. The van der Waals surface area contributed by atoms with E-state index in [4.69, 9.17) is 0 Å². The van der Waals surface area contributed by atoms with E-state index in [2.05, 4.69) is 24.8 Å². The summed E-state index contributed by atoms with van der Waals surface area (Å²) in [5.41, 5.74) is 4.76.